The average molecular weight is 315 g/mol. The van der Waals surface area contributed by atoms with Crippen LogP contribution in [0.15, 0.2) is 24.3 Å². The summed E-state index contributed by atoms with van der Waals surface area (Å²) in [6.07, 6.45) is 7.46. The lowest BCUT2D eigenvalue weighted by atomic mass is 9.78. The third-order valence-corrected chi connectivity index (χ3v) is 5.81. The second-order valence-corrected chi connectivity index (χ2v) is 7.34. The summed E-state index contributed by atoms with van der Waals surface area (Å²) in [7, 11) is 0. The number of fused-ring (bicyclic) bond motifs is 2. The minimum Gasteiger partial charge on any atom is -0.396 e. The van der Waals surface area contributed by atoms with Crippen LogP contribution in [0.25, 0.3) is 0 Å². The monoisotopic (exact) mass is 315 g/mol. The van der Waals surface area contributed by atoms with E-state index in [1.165, 1.54) is 17.5 Å². The summed E-state index contributed by atoms with van der Waals surface area (Å²) >= 11 is 0. The van der Waals surface area contributed by atoms with E-state index in [1.807, 2.05) is 0 Å². The molecule has 0 heterocycles. The van der Waals surface area contributed by atoms with Crippen molar-refractivity contribution in [1.29, 1.82) is 0 Å². The number of carbonyl (C=O) groups excluding carboxylic acids is 1. The number of rotatable bonds is 7. The number of nitrogens with one attached hydrogen (secondary N) is 1. The summed E-state index contributed by atoms with van der Waals surface area (Å²) in [5, 5.41) is 12.3. The molecule has 3 atom stereocenters. The van der Waals surface area contributed by atoms with Crippen LogP contribution in [0.3, 0.4) is 0 Å². The highest BCUT2D eigenvalue weighted by Crippen LogP contribution is 2.60. The van der Waals surface area contributed by atoms with Gasteiger partial charge in [-0.3, -0.25) is 4.79 Å². The van der Waals surface area contributed by atoms with Crippen molar-refractivity contribution in [2.75, 3.05) is 13.2 Å². The van der Waals surface area contributed by atoms with Crippen LogP contribution in [-0.2, 0) is 16.6 Å². The molecule has 23 heavy (non-hydrogen) atoms. The van der Waals surface area contributed by atoms with Gasteiger partial charge in [0.1, 0.15) is 0 Å². The molecule has 1 aromatic rings. The minimum atomic E-state index is 0.121. The lowest BCUT2D eigenvalue weighted by molar-refractivity contribution is -0.123. The molecule has 0 radical (unpaired) electrons. The largest absolute Gasteiger partial charge is 0.396 e. The van der Waals surface area contributed by atoms with Crippen LogP contribution in [0.1, 0.15) is 56.6 Å². The number of aliphatic hydroxyl groups excluding tert-OH is 1. The number of carbonyl (C=O) groups is 1. The molecule has 3 nitrogen and oxygen atoms in total. The summed E-state index contributed by atoms with van der Waals surface area (Å²) < 4.78 is 0. The zero-order chi connectivity index (χ0) is 16.3. The van der Waals surface area contributed by atoms with Crippen molar-refractivity contribution in [3.05, 3.63) is 35.4 Å². The second-order valence-electron chi connectivity index (χ2n) is 7.34. The van der Waals surface area contributed by atoms with Gasteiger partial charge >= 0.3 is 0 Å². The maximum absolute atomic E-state index is 12.6. The Morgan fingerprint density at radius 2 is 2.22 bits per heavy atom. The third-order valence-electron chi connectivity index (χ3n) is 5.81. The van der Waals surface area contributed by atoms with E-state index in [4.69, 9.17) is 5.11 Å². The number of aryl methyl sites for hydroxylation is 1. The Bertz CT molecular complexity index is 550. The average Bonchev–Trinajstić information content (AvgIpc) is 3.28. The SMILES string of the molecule is CCCC(CCO)CNC(=O)C1CC12CCCc1ccccc12. The topological polar surface area (TPSA) is 49.3 Å². The highest BCUT2D eigenvalue weighted by molar-refractivity contribution is 5.84. The Kier molecular flexibility index (Phi) is 5.05. The van der Waals surface area contributed by atoms with Crippen LogP contribution in [-0.4, -0.2) is 24.2 Å². The molecule has 1 amide bonds. The fourth-order valence-corrected chi connectivity index (χ4v) is 4.48. The molecule has 126 valence electrons. The van der Waals surface area contributed by atoms with Gasteiger partial charge in [-0.15, -0.1) is 0 Å². The predicted molar refractivity (Wildman–Crippen MR) is 92.3 cm³/mol. The van der Waals surface area contributed by atoms with Gasteiger partial charge in [-0.05, 0) is 55.6 Å². The molecule has 0 saturated heterocycles. The molecule has 2 aliphatic rings. The first-order valence-electron chi connectivity index (χ1n) is 9.18. The molecule has 1 spiro atoms. The molecular formula is C20H29NO2. The smallest absolute Gasteiger partial charge is 0.224 e. The van der Waals surface area contributed by atoms with Crippen molar-refractivity contribution in [3.8, 4) is 0 Å². The first-order valence-corrected chi connectivity index (χ1v) is 9.18. The van der Waals surface area contributed by atoms with Crippen LogP contribution in [0, 0.1) is 11.8 Å². The summed E-state index contributed by atoms with van der Waals surface area (Å²) in [5.74, 6) is 0.781. The lowest BCUT2D eigenvalue weighted by Crippen LogP contribution is -2.33. The molecule has 2 aliphatic carbocycles. The first kappa shape index (κ1) is 16.5. The van der Waals surface area contributed by atoms with Crippen molar-refractivity contribution < 1.29 is 9.90 Å². The molecule has 1 aromatic carbocycles. The Balaban J connectivity index is 1.61. The van der Waals surface area contributed by atoms with Crippen molar-refractivity contribution in [3.63, 3.8) is 0 Å². The van der Waals surface area contributed by atoms with E-state index in [1.54, 1.807) is 0 Å². The van der Waals surface area contributed by atoms with Crippen molar-refractivity contribution in [2.24, 2.45) is 11.8 Å². The van der Waals surface area contributed by atoms with Crippen LogP contribution in [0.2, 0.25) is 0 Å². The van der Waals surface area contributed by atoms with Gasteiger partial charge in [-0.25, -0.2) is 0 Å². The molecule has 1 fully saturated rings. The van der Waals surface area contributed by atoms with Gasteiger partial charge in [0, 0.05) is 24.5 Å². The zero-order valence-corrected chi connectivity index (χ0v) is 14.2. The van der Waals surface area contributed by atoms with E-state index >= 15 is 0 Å². The Labute approximate surface area is 139 Å². The normalized spacial score (nSPS) is 26.6. The number of aliphatic hydroxyl groups is 1. The molecule has 1 saturated carbocycles. The molecule has 3 heteroatoms. The fraction of sp³-hybridized carbons (Fsp3) is 0.650. The first-order chi connectivity index (χ1) is 11.2. The Morgan fingerprint density at radius 1 is 1.39 bits per heavy atom. The van der Waals surface area contributed by atoms with Gasteiger partial charge in [0.15, 0.2) is 0 Å². The highest BCUT2D eigenvalue weighted by Gasteiger charge is 2.59. The summed E-state index contributed by atoms with van der Waals surface area (Å²) in [5.41, 5.74) is 2.99. The van der Waals surface area contributed by atoms with Gasteiger partial charge in [-0.1, -0.05) is 37.6 Å². The van der Waals surface area contributed by atoms with Crippen LogP contribution >= 0.6 is 0 Å². The number of amides is 1. The standard InChI is InChI=1S/C20H29NO2/c1-2-6-15(10-12-22)14-21-19(23)18-13-20(18)11-5-8-16-7-3-4-9-17(16)20/h3-4,7,9,15,18,22H,2,5-6,8,10-14H2,1H3,(H,21,23). The van der Waals surface area contributed by atoms with Crippen LogP contribution in [0.5, 0.6) is 0 Å². The van der Waals surface area contributed by atoms with Crippen molar-refractivity contribution in [1.82, 2.24) is 5.32 Å². The third kappa shape index (κ3) is 3.30. The fourth-order valence-electron chi connectivity index (χ4n) is 4.48. The zero-order valence-electron chi connectivity index (χ0n) is 14.2. The van der Waals surface area contributed by atoms with E-state index in [2.05, 4.69) is 36.5 Å². The van der Waals surface area contributed by atoms with E-state index in [0.717, 1.165) is 38.5 Å². The maximum Gasteiger partial charge on any atom is 0.224 e. The summed E-state index contributed by atoms with van der Waals surface area (Å²) in [4.78, 5) is 12.6. The molecule has 3 rings (SSSR count). The highest BCUT2D eigenvalue weighted by atomic mass is 16.3. The second kappa shape index (κ2) is 7.04. The van der Waals surface area contributed by atoms with Crippen LogP contribution in [0.4, 0.5) is 0 Å². The van der Waals surface area contributed by atoms with E-state index in [-0.39, 0.29) is 23.8 Å². The molecule has 0 aliphatic heterocycles. The van der Waals surface area contributed by atoms with E-state index in [9.17, 15) is 4.79 Å². The predicted octanol–water partition coefficient (Wildman–Crippen LogP) is 3.20. The Hall–Kier alpha value is -1.35. The molecule has 2 N–H and O–H groups in total. The number of benzene rings is 1. The van der Waals surface area contributed by atoms with E-state index < -0.39 is 0 Å². The van der Waals surface area contributed by atoms with Gasteiger partial charge in [-0.2, -0.15) is 0 Å². The lowest BCUT2D eigenvalue weighted by Gasteiger charge is -2.26. The van der Waals surface area contributed by atoms with Crippen molar-refractivity contribution >= 4 is 5.91 Å². The Morgan fingerprint density at radius 3 is 3.00 bits per heavy atom. The van der Waals surface area contributed by atoms with Gasteiger partial charge in [0.2, 0.25) is 5.91 Å². The van der Waals surface area contributed by atoms with Gasteiger partial charge in [0.05, 0.1) is 0 Å². The quantitative estimate of drug-likeness (QED) is 0.812. The summed E-state index contributed by atoms with van der Waals surface area (Å²) in [6.45, 7) is 3.07. The molecular weight excluding hydrogens is 286 g/mol. The van der Waals surface area contributed by atoms with E-state index in [0.29, 0.717) is 12.5 Å². The number of hydrogen-bond donors (Lipinski definition) is 2. The molecule has 3 unspecified atom stereocenters. The maximum atomic E-state index is 12.6. The van der Waals surface area contributed by atoms with Gasteiger partial charge < -0.3 is 10.4 Å². The molecule has 0 aromatic heterocycles. The summed E-state index contributed by atoms with van der Waals surface area (Å²) in [6, 6.07) is 8.67. The van der Waals surface area contributed by atoms with Crippen molar-refractivity contribution in [2.45, 2.75) is 57.3 Å². The van der Waals surface area contributed by atoms with Gasteiger partial charge in [0.25, 0.3) is 0 Å². The molecule has 0 bridgehead atoms. The number of hydrogen-bond acceptors (Lipinski definition) is 2. The van der Waals surface area contributed by atoms with Crippen LogP contribution < -0.4 is 5.32 Å². The minimum absolute atomic E-state index is 0.121.